The van der Waals surface area contributed by atoms with Crippen LogP contribution in [0.1, 0.15) is 11.1 Å². The topological polar surface area (TPSA) is 34.1 Å². The van der Waals surface area contributed by atoms with Crippen molar-refractivity contribution in [1.29, 1.82) is 0 Å². The summed E-state index contributed by atoms with van der Waals surface area (Å²) in [6, 6.07) is 14.3. The molecule has 0 saturated carbocycles. The number of nitrogens with zero attached hydrogens (tertiary/aromatic N) is 1. The average Bonchev–Trinajstić information content (AvgIpc) is 2.98. The van der Waals surface area contributed by atoms with Gasteiger partial charge in [-0.3, -0.25) is 0 Å². The minimum atomic E-state index is 0.830. The van der Waals surface area contributed by atoms with E-state index in [2.05, 4.69) is 47.7 Å². The van der Waals surface area contributed by atoms with Crippen molar-refractivity contribution in [3.8, 4) is 17.0 Å². The number of aryl methyl sites for hydroxylation is 2. The van der Waals surface area contributed by atoms with Crippen molar-refractivity contribution < 1.29 is 4.74 Å². The van der Waals surface area contributed by atoms with Gasteiger partial charge in [-0.15, -0.1) is 11.3 Å². The van der Waals surface area contributed by atoms with Crippen molar-refractivity contribution in [2.75, 3.05) is 12.4 Å². The van der Waals surface area contributed by atoms with Crippen LogP contribution in [0.2, 0.25) is 0 Å². The van der Waals surface area contributed by atoms with Gasteiger partial charge in [-0.25, -0.2) is 4.98 Å². The third-order valence-corrected chi connectivity index (χ3v) is 4.39. The van der Waals surface area contributed by atoms with Crippen LogP contribution in [0.3, 0.4) is 0 Å². The molecule has 1 aromatic heterocycles. The van der Waals surface area contributed by atoms with Crippen LogP contribution in [0.5, 0.6) is 5.75 Å². The highest BCUT2D eigenvalue weighted by Gasteiger charge is 2.06. The average molecular weight is 310 g/mol. The monoisotopic (exact) mass is 310 g/mol. The predicted molar refractivity (Wildman–Crippen MR) is 93.3 cm³/mol. The van der Waals surface area contributed by atoms with Gasteiger partial charge in [-0.05, 0) is 43.2 Å². The predicted octanol–water partition coefficient (Wildman–Crippen LogP) is 5.18. The molecule has 0 unspecified atom stereocenters. The summed E-state index contributed by atoms with van der Waals surface area (Å²) in [5, 5.41) is 6.27. The fraction of sp³-hybridized carbons (Fsp3) is 0.167. The highest BCUT2D eigenvalue weighted by atomic mass is 32.1. The molecule has 1 N–H and O–H groups in total. The fourth-order valence-corrected chi connectivity index (χ4v) is 2.93. The van der Waals surface area contributed by atoms with Crippen LogP contribution in [0, 0.1) is 13.8 Å². The van der Waals surface area contributed by atoms with Gasteiger partial charge in [0.15, 0.2) is 5.13 Å². The number of ether oxygens (including phenoxy) is 1. The zero-order valence-electron chi connectivity index (χ0n) is 12.9. The van der Waals surface area contributed by atoms with Gasteiger partial charge < -0.3 is 10.1 Å². The maximum atomic E-state index is 5.23. The maximum Gasteiger partial charge on any atom is 0.187 e. The Morgan fingerprint density at radius 1 is 1.05 bits per heavy atom. The Morgan fingerprint density at radius 3 is 2.68 bits per heavy atom. The second-order valence-electron chi connectivity index (χ2n) is 5.19. The Balaban J connectivity index is 1.82. The van der Waals surface area contributed by atoms with E-state index in [1.807, 2.05) is 24.3 Å². The van der Waals surface area contributed by atoms with E-state index in [-0.39, 0.29) is 0 Å². The highest BCUT2D eigenvalue weighted by molar-refractivity contribution is 7.14. The van der Waals surface area contributed by atoms with Crippen molar-refractivity contribution in [1.82, 2.24) is 4.98 Å². The van der Waals surface area contributed by atoms with Crippen molar-refractivity contribution >= 4 is 22.2 Å². The maximum absolute atomic E-state index is 5.23. The van der Waals surface area contributed by atoms with Gasteiger partial charge in [0.2, 0.25) is 0 Å². The molecule has 0 spiro atoms. The Morgan fingerprint density at radius 2 is 1.91 bits per heavy atom. The zero-order valence-corrected chi connectivity index (χ0v) is 13.7. The summed E-state index contributed by atoms with van der Waals surface area (Å²) in [7, 11) is 1.67. The molecule has 112 valence electrons. The lowest BCUT2D eigenvalue weighted by Gasteiger charge is -2.05. The number of nitrogens with one attached hydrogen (secondary N) is 1. The number of methoxy groups -OCH3 is 1. The highest BCUT2D eigenvalue weighted by Crippen LogP contribution is 2.29. The van der Waals surface area contributed by atoms with E-state index in [0.717, 1.165) is 27.8 Å². The van der Waals surface area contributed by atoms with Crippen molar-refractivity contribution in [3.63, 3.8) is 0 Å². The van der Waals surface area contributed by atoms with Crippen molar-refractivity contribution in [3.05, 3.63) is 59.0 Å². The van der Waals surface area contributed by atoms with Gasteiger partial charge in [0.25, 0.3) is 0 Å². The lowest BCUT2D eigenvalue weighted by molar-refractivity contribution is 0.415. The SMILES string of the molecule is COc1cccc(Nc2nc(-c3ccc(C)c(C)c3)cs2)c1. The fourth-order valence-electron chi connectivity index (χ4n) is 2.19. The second kappa shape index (κ2) is 6.20. The van der Waals surface area contributed by atoms with Gasteiger partial charge in [-0.2, -0.15) is 0 Å². The summed E-state index contributed by atoms with van der Waals surface area (Å²) >= 11 is 1.60. The molecule has 3 nitrogen and oxygen atoms in total. The van der Waals surface area contributed by atoms with Crippen LogP contribution in [0.25, 0.3) is 11.3 Å². The van der Waals surface area contributed by atoms with Crippen LogP contribution in [0.4, 0.5) is 10.8 Å². The summed E-state index contributed by atoms with van der Waals surface area (Å²) < 4.78 is 5.23. The molecule has 22 heavy (non-hydrogen) atoms. The minimum absolute atomic E-state index is 0.830. The van der Waals surface area contributed by atoms with E-state index >= 15 is 0 Å². The number of benzene rings is 2. The molecule has 0 atom stereocenters. The van der Waals surface area contributed by atoms with Gasteiger partial charge in [0.1, 0.15) is 5.75 Å². The molecule has 3 rings (SSSR count). The first kappa shape index (κ1) is 14.6. The van der Waals surface area contributed by atoms with Gasteiger partial charge in [0, 0.05) is 22.7 Å². The number of hydrogen-bond acceptors (Lipinski definition) is 4. The zero-order chi connectivity index (χ0) is 15.5. The summed E-state index contributed by atoms with van der Waals surface area (Å²) in [5.74, 6) is 0.830. The van der Waals surface area contributed by atoms with E-state index in [1.165, 1.54) is 11.1 Å². The third-order valence-electron chi connectivity index (χ3n) is 3.63. The molecular weight excluding hydrogens is 292 g/mol. The largest absolute Gasteiger partial charge is 0.497 e. The molecule has 0 fully saturated rings. The minimum Gasteiger partial charge on any atom is -0.497 e. The van der Waals surface area contributed by atoms with Gasteiger partial charge in [0.05, 0.1) is 12.8 Å². The number of rotatable bonds is 4. The van der Waals surface area contributed by atoms with Crippen LogP contribution in [-0.2, 0) is 0 Å². The van der Waals surface area contributed by atoms with Crippen LogP contribution < -0.4 is 10.1 Å². The molecule has 0 aliphatic rings. The van der Waals surface area contributed by atoms with Crippen LogP contribution >= 0.6 is 11.3 Å². The van der Waals surface area contributed by atoms with E-state index < -0.39 is 0 Å². The van der Waals surface area contributed by atoms with Crippen molar-refractivity contribution in [2.24, 2.45) is 0 Å². The lowest BCUT2D eigenvalue weighted by Crippen LogP contribution is -1.91. The standard InChI is InChI=1S/C18H18N2OS/c1-12-7-8-14(9-13(12)2)17-11-22-18(20-17)19-15-5-4-6-16(10-15)21-3/h4-11H,1-3H3,(H,19,20). The van der Waals surface area contributed by atoms with E-state index in [4.69, 9.17) is 4.74 Å². The first-order chi connectivity index (χ1) is 10.7. The summed E-state index contributed by atoms with van der Waals surface area (Å²) in [6.07, 6.45) is 0. The van der Waals surface area contributed by atoms with Crippen LogP contribution in [0.15, 0.2) is 47.8 Å². The first-order valence-electron chi connectivity index (χ1n) is 7.10. The molecular formula is C18H18N2OS. The molecule has 2 aromatic carbocycles. The normalized spacial score (nSPS) is 10.5. The summed E-state index contributed by atoms with van der Waals surface area (Å²) in [4.78, 5) is 4.67. The molecule has 4 heteroatoms. The smallest absolute Gasteiger partial charge is 0.187 e. The molecule has 1 heterocycles. The lowest BCUT2D eigenvalue weighted by atomic mass is 10.1. The number of aromatic nitrogens is 1. The summed E-state index contributed by atoms with van der Waals surface area (Å²) in [5.41, 5.74) is 5.71. The molecule has 0 aliphatic heterocycles. The Hall–Kier alpha value is -2.33. The Bertz CT molecular complexity index is 795. The molecule has 0 amide bonds. The van der Waals surface area contributed by atoms with Crippen LogP contribution in [-0.4, -0.2) is 12.1 Å². The second-order valence-corrected chi connectivity index (χ2v) is 6.05. The molecule has 0 aliphatic carbocycles. The number of hydrogen-bond donors (Lipinski definition) is 1. The quantitative estimate of drug-likeness (QED) is 0.721. The van der Waals surface area contributed by atoms with E-state index in [1.54, 1.807) is 18.4 Å². The molecule has 0 saturated heterocycles. The first-order valence-corrected chi connectivity index (χ1v) is 7.98. The Labute approximate surface area is 134 Å². The molecule has 3 aromatic rings. The van der Waals surface area contributed by atoms with E-state index in [0.29, 0.717) is 0 Å². The molecule has 0 radical (unpaired) electrons. The van der Waals surface area contributed by atoms with Crippen molar-refractivity contribution in [2.45, 2.75) is 13.8 Å². The van der Waals surface area contributed by atoms with Gasteiger partial charge >= 0.3 is 0 Å². The molecule has 0 bridgehead atoms. The Kier molecular flexibility index (Phi) is 4.11. The summed E-state index contributed by atoms with van der Waals surface area (Å²) in [6.45, 7) is 4.25. The van der Waals surface area contributed by atoms with Gasteiger partial charge in [-0.1, -0.05) is 18.2 Å². The number of anilines is 2. The number of thiazole rings is 1. The van der Waals surface area contributed by atoms with E-state index in [9.17, 15) is 0 Å². The third kappa shape index (κ3) is 3.12.